The molecule has 5 nitrogen and oxygen atoms in total. The maximum absolute atomic E-state index is 11.6. The maximum atomic E-state index is 11.6. The van der Waals surface area contributed by atoms with Crippen molar-refractivity contribution in [2.45, 2.75) is 51.0 Å². The first-order chi connectivity index (χ1) is 9.11. The summed E-state index contributed by atoms with van der Waals surface area (Å²) in [5, 5.41) is 2.90. The second kappa shape index (κ2) is 12.8. The zero-order valence-electron chi connectivity index (χ0n) is 11.3. The van der Waals surface area contributed by atoms with Gasteiger partial charge in [0.1, 0.15) is 0 Å². The number of unbranched alkanes of at least 4 members (excludes halogenated alkanes) is 3. The van der Waals surface area contributed by atoms with E-state index < -0.39 is 6.04 Å². The molecule has 0 bridgehead atoms. The van der Waals surface area contributed by atoms with E-state index in [0.29, 0.717) is 25.9 Å². The SMILES string of the molecule is NCCCCC(N)C(=O)NCCCCCC(=O)SS. The smallest absolute Gasteiger partial charge is 0.236 e. The lowest BCUT2D eigenvalue weighted by Crippen LogP contribution is -2.40. The van der Waals surface area contributed by atoms with Gasteiger partial charge in [0.2, 0.25) is 5.91 Å². The monoisotopic (exact) mass is 307 g/mol. The minimum atomic E-state index is -0.436. The third-order valence-electron chi connectivity index (χ3n) is 2.76. The Morgan fingerprint density at radius 2 is 1.89 bits per heavy atom. The molecule has 1 amide bonds. The number of rotatable bonds is 11. The quantitative estimate of drug-likeness (QED) is 0.261. The molecular formula is C12H25N3O2S2. The van der Waals surface area contributed by atoms with Crippen LogP contribution in [0.3, 0.4) is 0 Å². The highest BCUT2D eigenvalue weighted by molar-refractivity contribution is 8.74. The molecule has 0 fully saturated rings. The summed E-state index contributed by atoms with van der Waals surface area (Å²) in [6.45, 7) is 1.25. The van der Waals surface area contributed by atoms with Gasteiger partial charge in [-0.15, -0.1) is 11.7 Å². The first kappa shape index (κ1) is 18.8. The van der Waals surface area contributed by atoms with Gasteiger partial charge < -0.3 is 16.8 Å². The zero-order valence-corrected chi connectivity index (χ0v) is 13.0. The first-order valence-corrected chi connectivity index (χ1v) is 8.56. The Morgan fingerprint density at radius 1 is 1.16 bits per heavy atom. The van der Waals surface area contributed by atoms with Crippen LogP contribution in [0, 0.1) is 0 Å². The number of hydrogen-bond donors (Lipinski definition) is 4. The second-order valence-corrected chi connectivity index (χ2v) is 5.64. The molecule has 0 heterocycles. The number of nitrogens with one attached hydrogen (secondary N) is 1. The molecule has 0 spiro atoms. The molecule has 0 aliphatic heterocycles. The van der Waals surface area contributed by atoms with Crippen molar-refractivity contribution in [1.29, 1.82) is 0 Å². The molecule has 0 aliphatic carbocycles. The van der Waals surface area contributed by atoms with Crippen LogP contribution >= 0.6 is 22.5 Å². The molecule has 5 N–H and O–H groups in total. The topological polar surface area (TPSA) is 98.2 Å². The summed E-state index contributed by atoms with van der Waals surface area (Å²) in [5.74, 6) is -0.0981. The van der Waals surface area contributed by atoms with Crippen LogP contribution in [0.4, 0.5) is 0 Å². The number of carbonyl (C=O) groups is 2. The molecule has 19 heavy (non-hydrogen) atoms. The molecule has 1 atom stereocenters. The Kier molecular flexibility index (Phi) is 12.6. The van der Waals surface area contributed by atoms with Crippen LogP contribution in [0.15, 0.2) is 0 Å². The molecule has 1 unspecified atom stereocenters. The summed E-state index contributed by atoms with van der Waals surface area (Å²) in [6, 6.07) is -0.436. The van der Waals surface area contributed by atoms with E-state index in [1.807, 2.05) is 0 Å². The third kappa shape index (κ3) is 11.3. The summed E-state index contributed by atoms with van der Waals surface area (Å²) in [6.07, 6.45) is 5.63. The van der Waals surface area contributed by atoms with Crippen molar-refractivity contribution in [2.24, 2.45) is 11.5 Å². The summed E-state index contributed by atoms with van der Waals surface area (Å²) < 4.78 is 0. The fourth-order valence-corrected chi connectivity index (χ4v) is 2.11. The van der Waals surface area contributed by atoms with Gasteiger partial charge in [-0.1, -0.05) is 12.8 Å². The van der Waals surface area contributed by atoms with Crippen molar-refractivity contribution >= 4 is 33.5 Å². The standard InChI is InChI=1S/C12H25N3O2S2/c13-8-4-3-6-10(14)12(17)15-9-5-1-2-7-11(16)19-18/h10,18H,1-9,13-14H2,(H,15,17). The normalized spacial score (nSPS) is 12.2. The van der Waals surface area contributed by atoms with Gasteiger partial charge in [-0.2, -0.15) is 0 Å². The van der Waals surface area contributed by atoms with Crippen LogP contribution < -0.4 is 16.8 Å². The average Bonchev–Trinajstić information content (AvgIpc) is 2.42. The zero-order chi connectivity index (χ0) is 14.5. The minimum absolute atomic E-state index is 0.0919. The molecule has 0 aromatic carbocycles. The third-order valence-corrected chi connectivity index (χ3v) is 3.78. The number of nitrogens with two attached hydrogens (primary N) is 2. The minimum Gasteiger partial charge on any atom is -0.355 e. The van der Waals surface area contributed by atoms with E-state index in [1.165, 1.54) is 0 Å². The highest BCUT2D eigenvalue weighted by Gasteiger charge is 2.11. The molecule has 0 saturated heterocycles. The van der Waals surface area contributed by atoms with E-state index in [2.05, 4.69) is 17.0 Å². The Hall–Kier alpha value is -0.240. The maximum Gasteiger partial charge on any atom is 0.236 e. The van der Waals surface area contributed by atoms with Gasteiger partial charge in [-0.05, 0) is 43.0 Å². The second-order valence-electron chi connectivity index (χ2n) is 4.46. The van der Waals surface area contributed by atoms with E-state index in [0.717, 1.165) is 42.9 Å². The predicted molar refractivity (Wildman–Crippen MR) is 83.9 cm³/mol. The molecule has 0 aliphatic rings. The van der Waals surface area contributed by atoms with Crippen molar-refractivity contribution in [2.75, 3.05) is 13.1 Å². The van der Waals surface area contributed by atoms with Crippen LogP contribution in [0.25, 0.3) is 0 Å². The molecule has 0 aromatic heterocycles. The summed E-state index contributed by atoms with van der Waals surface area (Å²) in [7, 11) is 0.967. The van der Waals surface area contributed by atoms with E-state index in [9.17, 15) is 9.59 Å². The van der Waals surface area contributed by atoms with Crippen molar-refractivity contribution in [3.05, 3.63) is 0 Å². The molecular weight excluding hydrogens is 282 g/mol. The van der Waals surface area contributed by atoms with Gasteiger partial charge in [0.25, 0.3) is 0 Å². The van der Waals surface area contributed by atoms with Gasteiger partial charge in [-0.3, -0.25) is 9.59 Å². The van der Waals surface area contributed by atoms with E-state index in [-0.39, 0.29) is 11.0 Å². The van der Waals surface area contributed by atoms with Crippen molar-refractivity contribution < 1.29 is 9.59 Å². The van der Waals surface area contributed by atoms with Crippen molar-refractivity contribution in [3.63, 3.8) is 0 Å². The van der Waals surface area contributed by atoms with Crippen LogP contribution in [-0.2, 0) is 9.59 Å². The first-order valence-electron chi connectivity index (χ1n) is 6.69. The molecule has 112 valence electrons. The fourth-order valence-electron chi connectivity index (χ4n) is 1.60. The van der Waals surface area contributed by atoms with Gasteiger partial charge in [-0.25, -0.2) is 0 Å². The number of amides is 1. The Balaban J connectivity index is 3.44. The van der Waals surface area contributed by atoms with Crippen LogP contribution in [0.1, 0.15) is 44.9 Å². The van der Waals surface area contributed by atoms with Crippen LogP contribution in [0.2, 0.25) is 0 Å². The largest absolute Gasteiger partial charge is 0.355 e. The van der Waals surface area contributed by atoms with E-state index in [4.69, 9.17) is 11.5 Å². The van der Waals surface area contributed by atoms with E-state index in [1.54, 1.807) is 0 Å². The molecule has 0 aromatic rings. The molecule has 0 radical (unpaired) electrons. The predicted octanol–water partition coefficient (Wildman–Crippen LogP) is 1.22. The number of hydrogen-bond acceptors (Lipinski definition) is 6. The lowest BCUT2D eigenvalue weighted by molar-refractivity contribution is -0.122. The Morgan fingerprint density at radius 3 is 2.53 bits per heavy atom. The Bertz CT molecular complexity index is 265. The molecule has 0 rings (SSSR count). The number of carbonyl (C=O) groups excluding carboxylic acids is 2. The summed E-state index contributed by atoms with van der Waals surface area (Å²) in [4.78, 5) is 22.5. The molecule has 0 saturated carbocycles. The van der Waals surface area contributed by atoms with Crippen LogP contribution in [0.5, 0.6) is 0 Å². The van der Waals surface area contributed by atoms with Crippen LogP contribution in [-0.4, -0.2) is 30.2 Å². The lowest BCUT2D eigenvalue weighted by Gasteiger charge is -2.11. The van der Waals surface area contributed by atoms with Crippen molar-refractivity contribution in [3.8, 4) is 0 Å². The van der Waals surface area contributed by atoms with Gasteiger partial charge in [0.05, 0.1) is 6.04 Å². The Labute approximate surface area is 124 Å². The van der Waals surface area contributed by atoms with Crippen molar-refractivity contribution in [1.82, 2.24) is 5.32 Å². The highest BCUT2D eigenvalue weighted by Crippen LogP contribution is 2.12. The highest BCUT2D eigenvalue weighted by atomic mass is 33.1. The summed E-state index contributed by atoms with van der Waals surface area (Å²) >= 11 is 3.83. The average molecular weight is 307 g/mol. The molecule has 7 heteroatoms. The fraction of sp³-hybridized carbons (Fsp3) is 0.833. The number of thiol groups is 1. The lowest BCUT2D eigenvalue weighted by atomic mass is 10.1. The van der Waals surface area contributed by atoms with E-state index >= 15 is 0 Å². The van der Waals surface area contributed by atoms with Gasteiger partial charge in [0, 0.05) is 13.0 Å². The van der Waals surface area contributed by atoms with Gasteiger partial charge >= 0.3 is 0 Å². The van der Waals surface area contributed by atoms with Gasteiger partial charge in [0.15, 0.2) is 5.12 Å². The summed E-state index contributed by atoms with van der Waals surface area (Å²) in [5.41, 5.74) is 11.1.